The van der Waals surface area contributed by atoms with E-state index in [0.29, 0.717) is 16.7 Å². The summed E-state index contributed by atoms with van der Waals surface area (Å²) in [4.78, 5) is 0. The average Bonchev–Trinajstić information content (AvgIpc) is 2.55. The predicted molar refractivity (Wildman–Crippen MR) is 82.3 cm³/mol. The van der Waals surface area contributed by atoms with E-state index in [4.69, 9.17) is 0 Å². The highest BCUT2D eigenvalue weighted by atomic mass is 19.1. The van der Waals surface area contributed by atoms with Gasteiger partial charge in [0.05, 0.1) is 0 Å². The number of rotatable bonds is 3. The molecule has 3 heteroatoms. The number of hydrogen-bond donors (Lipinski definition) is 1. The molecule has 0 heterocycles. The standard InChI is InChI=1S/C19H14F2O/c20-14-10-11-16(19(22)13-6-2-1-3-7-13)17(12-14)15-8-4-5-9-18(15)21/h1-12,19,22H. The molecule has 3 aromatic carbocycles. The van der Waals surface area contributed by atoms with Crippen LogP contribution >= 0.6 is 0 Å². The SMILES string of the molecule is OC(c1ccccc1)c1ccc(F)cc1-c1ccccc1F. The Morgan fingerprint density at radius 2 is 1.41 bits per heavy atom. The lowest BCUT2D eigenvalue weighted by Crippen LogP contribution is -2.03. The molecule has 0 spiro atoms. The fourth-order valence-electron chi connectivity index (χ4n) is 2.49. The van der Waals surface area contributed by atoms with Gasteiger partial charge >= 0.3 is 0 Å². The number of halogens is 2. The minimum absolute atomic E-state index is 0.270. The molecule has 3 rings (SSSR count). The normalized spacial score (nSPS) is 12.1. The lowest BCUT2D eigenvalue weighted by Gasteiger charge is -2.17. The smallest absolute Gasteiger partial charge is 0.131 e. The van der Waals surface area contributed by atoms with Gasteiger partial charge in [0.2, 0.25) is 0 Å². The number of aliphatic hydroxyl groups excluding tert-OH is 1. The lowest BCUT2D eigenvalue weighted by molar-refractivity contribution is 0.221. The summed E-state index contributed by atoms with van der Waals surface area (Å²) in [6.07, 6.45) is -0.948. The second-order valence-electron chi connectivity index (χ2n) is 5.02. The average molecular weight is 296 g/mol. The second kappa shape index (κ2) is 6.08. The highest BCUT2D eigenvalue weighted by Gasteiger charge is 2.18. The van der Waals surface area contributed by atoms with E-state index in [1.54, 1.807) is 30.3 Å². The van der Waals surface area contributed by atoms with E-state index in [0.717, 1.165) is 0 Å². The van der Waals surface area contributed by atoms with Crippen molar-refractivity contribution in [1.29, 1.82) is 0 Å². The molecule has 0 aliphatic carbocycles. The van der Waals surface area contributed by atoms with Gasteiger partial charge in [0.25, 0.3) is 0 Å². The molecule has 1 nitrogen and oxygen atoms in total. The Hall–Kier alpha value is -2.52. The summed E-state index contributed by atoms with van der Waals surface area (Å²) in [5.74, 6) is -0.920. The van der Waals surface area contributed by atoms with Gasteiger partial charge in [-0.25, -0.2) is 8.78 Å². The number of aliphatic hydroxyl groups is 1. The zero-order valence-corrected chi connectivity index (χ0v) is 11.7. The van der Waals surface area contributed by atoms with Crippen molar-refractivity contribution in [3.05, 3.63) is 95.6 Å². The van der Waals surface area contributed by atoms with Crippen molar-refractivity contribution < 1.29 is 13.9 Å². The molecule has 1 unspecified atom stereocenters. The van der Waals surface area contributed by atoms with Crippen LogP contribution in [0.3, 0.4) is 0 Å². The molecule has 110 valence electrons. The van der Waals surface area contributed by atoms with Crippen LogP contribution in [-0.2, 0) is 0 Å². The summed E-state index contributed by atoms with van der Waals surface area (Å²) in [7, 11) is 0. The van der Waals surface area contributed by atoms with Crippen molar-refractivity contribution in [3.63, 3.8) is 0 Å². The summed E-state index contributed by atoms with van der Waals surface area (Å²) in [5.41, 5.74) is 1.77. The molecule has 0 aliphatic rings. The Kier molecular flexibility index (Phi) is 3.98. The summed E-state index contributed by atoms with van der Waals surface area (Å²) in [6, 6.07) is 19.2. The van der Waals surface area contributed by atoms with Crippen molar-refractivity contribution in [2.45, 2.75) is 6.10 Å². The first-order valence-electron chi connectivity index (χ1n) is 6.94. The van der Waals surface area contributed by atoms with Crippen LogP contribution < -0.4 is 0 Å². The van der Waals surface area contributed by atoms with Crippen molar-refractivity contribution >= 4 is 0 Å². The van der Waals surface area contributed by atoms with Crippen LogP contribution in [-0.4, -0.2) is 5.11 Å². The molecule has 0 saturated carbocycles. The van der Waals surface area contributed by atoms with Crippen LogP contribution in [0.2, 0.25) is 0 Å². The van der Waals surface area contributed by atoms with E-state index < -0.39 is 17.7 Å². The Labute approximate surface area is 127 Å². The van der Waals surface area contributed by atoms with Gasteiger partial charge in [-0.15, -0.1) is 0 Å². The minimum Gasteiger partial charge on any atom is -0.384 e. The van der Waals surface area contributed by atoms with Crippen LogP contribution in [0.25, 0.3) is 11.1 Å². The first-order chi connectivity index (χ1) is 10.7. The van der Waals surface area contributed by atoms with Crippen molar-refractivity contribution in [2.24, 2.45) is 0 Å². The third-order valence-corrected chi connectivity index (χ3v) is 3.59. The fraction of sp³-hybridized carbons (Fsp3) is 0.0526. The van der Waals surface area contributed by atoms with Crippen LogP contribution in [0.15, 0.2) is 72.8 Å². The first-order valence-corrected chi connectivity index (χ1v) is 6.94. The molecule has 22 heavy (non-hydrogen) atoms. The second-order valence-corrected chi connectivity index (χ2v) is 5.02. The topological polar surface area (TPSA) is 20.2 Å². The lowest BCUT2D eigenvalue weighted by atomic mass is 9.92. The maximum Gasteiger partial charge on any atom is 0.131 e. The highest BCUT2D eigenvalue weighted by molar-refractivity contribution is 5.69. The summed E-state index contributed by atoms with van der Waals surface area (Å²) in [5, 5.41) is 10.6. The fourth-order valence-corrected chi connectivity index (χ4v) is 2.49. The molecule has 1 atom stereocenters. The molecule has 1 N–H and O–H groups in total. The number of benzene rings is 3. The monoisotopic (exact) mass is 296 g/mol. The molecule has 0 radical (unpaired) electrons. The number of hydrogen-bond acceptors (Lipinski definition) is 1. The van der Waals surface area contributed by atoms with E-state index in [2.05, 4.69) is 0 Å². The Morgan fingerprint density at radius 1 is 0.727 bits per heavy atom. The largest absolute Gasteiger partial charge is 0.384 e. The summed E-state index contributed by atoms with van der Waals surface area (Å²) < 4.78 is 27.7. The van der Waals surface area contributed by atoms with Crippen molar-refractivity contribution in [1.82, 2.24) is 0 Å². The van der Waals surface area contributed by atoms with Gasteiger partial charge in [-0.3, -0.25) is 0 Å². The quantitative estimate of drug-likeness (QED) is 0.742. The molecule has 0 amide bonds. The van der Waals surface area contributed by atoms with Crippen LogP contribution in [0.4, 0.5) is 8.78 Å². The van der Waals surface area contributed by atoms with Gasteiger partial charge in [-0.2, -0.15) is 0 Å². The van der Waals surface area contributed by atoms with E-state index in [-0.39, 0.29) is 5.56 Å². The van der Waals surface area contributed by atoms with Gasteiger partial charge in [0, 0.05) is 5.56 Å². The molecule has 3 aromatic rings. The molecular weight excluding hydrogens is 282 g/mol. The van der Waals surface area contributed by atoms with Crippen molar-refractivity contribution in [3.8, 4) is 11.1 Å². The Morgan fingerprint density at radius 3 is 2.14 bits per heavy atom. The van der Waals surface area contributed by atoms with Crippen LogP contribution in [0.1, 0.15) is 17.2 Å². The van der Waals surface area contributed by atoms with E-state index in [1.807, 2.05) is 18.2 Å². The van der Waals surface area contributed by atoms with Gasteiger partial charge in [0.15, 0.2) is 0 Å². The highest BCUT2D eigenvalue weighted by Crippen LogP contribution is 2.33. The van der Waals surface area contributed by atoms with Crippen molar-refractivity contribution in [2.75, 3.05) is 0 Å². The third kappa shape index (κ3) is 2.76. The van der Waals surface area contributed by atoms with Crippen LogP contribution in [0.5, 0.6) is 0 Å². The molecular formula is C19H14F2O. The van der Waals surface area contributed by atoms with E-state index in [1.165, 1.54) is 24.3 Å². The van der Waals surface area contributed by atoms with E-state index >= 15 is 0 Å². The van der Waals surface area contributed by atoms with E-state index in [9.17, 15) is 13.9 Å². The zero-order chi connectivity index (χ0) is 15.5. The summed E-state index contributed by atoms with van der Waals surface area (Å²) in [6.45, 7) is 0. The zero-order valence-electron chi connectivity index (χ0n) is 11.7. The maximum absolute atomic E-state index is 14.0. The Bertz CT molecular complexity index is 784. The molecule has 0 fully saturated rings. The molecule has 0 aliphatic heterocycles. The first kappa shape index (κ1) is 14.4. The predicted octanol–water partition coefficient (Wildman–Crippen LogP) is 4.71. The Balaban J connectivity index is 2.15. The van der Waals surface area contributed by atoms with Gasteiger partial charge in [0.1, 0.15) is 17.7 Å². The maximum atomic E-state index is 14.0. The third-order valence-electron chi connectivity index (χ3n) is 3.59. The van der Waals surface area contributed by atoms with Gasteiger partial charge < -0.3 is 5.11 Å². The van der Waals surface area contributed by atoms with Gasteiger partial charge in [-0.1, -0.05) is 54.6 Å². The molecule has 0 saturated heterocycles. The summed E-state index contributed by atoms with van der Waals surface area (Å²) >= 11 is 0. The van der Waals surface area contributed by atoms with Crippen LogP contribution in [0, 0.1) is 11.6 Å². The molecule has 0 aromatic heterocycles. The minimum atomic E-state index is -0.948. The van der Waals surface area contributed by atoms with Gasteiger partial charge in [-0.05, 0) is 34.9 Å². The molecule has 0 bridgehead atoms.